The zero-order valence-corrected chi connectivity index (χ0v) is 9.75. The zero-order valence-electron chi connectivity index (χ0n) is 9.75. The van der Waals surface area contributed by atoms with Gasteiger partial charge in [0.1, 0.15) is 24.3 Å². The maximum absolute atomic E-state index is 11.7. The van der Waals surface area contributed by atoms with Gasteiger partial charge in [-0.2, -0.15) is 5.26 Å². The van der Waals surface area contributed by atoms with E-state index in [2.05, 4.69) is 15.3 Å². The third kappa shape index (κ3) is 2.13. The van der Waals surface area contributed by atoms with Crippen molar-refractivity contribution in [1.82, 2.24) is 15.3 Å². The molecule has 1 aliphatic heterocycles. The number of nitriles is 1. The number of carbonyl (C=O) groups excluding carboxylic acids is 2. The van der Waals surface area contributed by atoms with Gasteiger partial charge in [0.25, 0.3) is 0 Å². The van der Waals surface area contributed by atoms with Crippen LogP contribution in [0.25, 0.3) is 0 Å². The highest BCUT2D eigenvalue weighted by atomic mass is 16.2. The second kappa shape index (κ2) is 4.79. The van der Waals surface area contributed by atoms with Gasteiger partial charge in [-0.3, -0.25) is 14.9 Å². The Kier molecular flexibility index (Phi) is 3.19. The van der Waals surface area contributed by atoms with E-state index < -0.39 is 11.9 Å². The topological polar surface area (TPSA) is 99.0 Å². The minimum atomic E-state index is -0.489. The molecule has 1 saturated heterocycles. The van der Waals surface area contributed by atoms with Crippen LogP contribution in [0.5, 0.6) is 0 Å². The Bertz CT molecular complexity index is 536. The van der Waals surface area contributed by atoms with Crippen molar-refractivity contribution in [2.24, 2.45) is 0 Å². The fourth-order valence-corrected chi connectivity index (χ4v) is 1.83. The first-order valence-electron chi connectivity index (χ1n) is 5.49. The second-order valence-electron chi connectivity index (χ2n) is 3.82. The van der Waals surface area contributed by atoms with Crippen LogP contribution in [0, 0.1) is 11.3 Å². The quantitative estimate of drug-likeness (QED) is 0.711. The van der Waals surface area contributed by atoms with Gasteiger partial charge in [-0.05, 0) is 12.5 Å². The molecule has 2 rings (SSSR count). The SMILES string of the molecule is CCC1C(=O)NC(=O)CN1c1nccc(C#N)n1. The van der Waals surface area contributed by atoms with E-state index in [9.17, 15) is 9.59 Å². The molecule has 1 unspecified atom stereocenters. The Morgan fingerprint density at radius 2 is 2.39 bits per heavy atom. The van der Waals surface area contributed by atoms with E-state index in [1.165, 1.54) is 17.2 Å². The Hall–Kier alpha value is -2.49. The number of nitrogens with zero attached hydrogens (tertiary/aromatic N) is 4. The molecule has 0 bridgehead atoms. The Labute approximate surface area is 103 Å². The standard InChI is InChI=1S/C11H11N5O2/c1-2-8-10(18)15-9(17)6-16(8)11-13-4-3-7(5-12)14-11/h3-4,8H,2,6H2,1H3,(H,15,17,18). The number of rotatable bonds is 2. The van der Waals surface area contributed by atoms with E-state index >= 15 is 0 Å². The highest BCUT2D eigenvalue weighted by molar-refractivity contribution is 6.04. The Balaban J connectivity index is 2.37. The number of hydrogen-bond acceptors (Lipinski definition) is 6. The van der Waals surface area contributed by atoms with Gasteiger partial charge in [0.15, 0.2) is 0 Å². The molecule has 1 N–H and O–H groups in total. The Morgan fingerprint density at radius 3 is 3.06 bits per heavy atom. The molecule has 1 fully saturated rings. The van der Waals surface area contributed by atoms with E-state index in [1.807, 2.05) is 13.0 Å². The molecule has 7 nitrogen and oxygen atoms in total. The summed E-state index contributed by atoms with van der Waals surface area (Å²) in [6.45, 7) is 1.85. The predicted molar refractivity (Wildman–Crippen MR) is 61.3 cm³/mol. The molecule has 0 saturated carbocycles. The fourth-order valence-electron chi connectivity index (χ4n) is 1.83. The molecule has 2 amide bonds. The number of imide groups is 1. The average molecular weight is 245 g/mol. The van der Waals surface area contributed by atoms with E-state index in [-0.39, 0.29) is 24.1 Å². The van der Waals surface area contributed by atoms with E-state index in [1.54, 1.807) is 0 Å². The summed E-state index contributed by atoms with van der Waals surface area (Å²) in [4.78, 5) is 32.6. The minimum Gasteiger partial charge on any atom is -0.319 e. The smallest absolute Gasteiger partial charge is 0.249 e. The van der Waals surface area contributed by atoms with Crippen molar-refractivity contribution in [1.29, 1.82) is 5.26 Å². The number of anilines is 1. The molecule has 7 heteroatoms. The van der Waals surface area contributed by atoms with Gasteiger partial charge in [0.2, 0.25) is 17.8 Å². The van der Waals surface area contributed by atoms with Crippen LogP contribution >= 0.6 is 0 Å². The van der Waals surface area contributed by atoms with Crippen molar-refractivity contribution >= 4 is 17.8 Å². The van der Waals surface area contributed by atoms with E-state index in [0.717, 1.165) is 0 Å². The maximum Gasteiger partial charge on any atom is 0.249 e. The number of hydrogen-bond donors (Lipinski definition) is 1. The molecule has 92 valence electrons. The molecule has 2 heterocycles. The highest BCUT2D eigenvalue weighted by Crippen LogP contribution is 2.16. The third-order valence-electron chi connectivity index (χ3n) is 2.66. The fraction of sp³-hybridized carbons (Fsp3) is 0.364. The molecule has 1 aromatic heterocycles. The number of carbonyl (C=O) groups is 2. The highest BCUT2D eigenvalue weighted by Gasteiger charge is 2.33. The molecule has 0 aromatic carbocycles. The van der Waals surface area contributed by atoms with Crippen LogP contribution in [-0.4, -0.2) is 34.4 Å². The minimum absolute atomic E-state index is 0.0130. The normalized spacial score (nSPS) is 19.3. The summed E-state index contributed by atoms with van der Waals surface area (Å²) in [6.07, 6.45) is 1.96. The van der Waals surface area contributed by atoms with Crippen molar-refractivity contribution in [2.75, 3.05) is 11.4 Å². The first kappa shape index (κ1) is 12.0. The maximum atomic E-state index is 11.7. The molecule has 1 aromatic rings. The summed E-state index contributed by atoms with van der Waals surface area (Å²) in [5, 5.41) is 11.1. The van der Waals surface area contributed by atoms with Crippen LogP contribution in [0.2, 0.25) is 0 Å². The summed E-state index contributed by atoms with van der Waals surface area (Å²) in [5.41, 5.74) is 0.202. The van der Waals surface area contributed by atoms with Gasteiger partial charge in [0, 0.05) is 6.20 Å². The van der Waals surface area contributed by atoms with Crippen molar-refractivity contribution in [3.63, 3.8) is 0 Å². The summed E-state index contributed by atoms with van der Waals surface area (Å²) in [7, 11) is 0. The van der Waals surface area contributed by atoms with Gasteiger partial charge in [-0.1, -0.05) is 6.92 Å². The third-order valence-corrected chi connectivity index (χ3v) is 2.66. The van der Waals surface area contributed by atoms with Gasteiger partial charge >= 0.3 is 0 Å². The lowest BCUT2D eigenvalue weighted by Crippen LogP contribution is -2.58. The second-order valence-corrected chi connectivity index (χ2v) is 3.82. The van der Waals surface area contributed by atoms with Crippen molar-refractivity contribution in [3.8, 4) is 6.07 Å². The van der Waals surface area contributed by atoms with Crippen LogP contribution in [-0.2, 0) is 9.59 Å². The summed E-state index contributed by atoms with van der Waals surface area (Å²) < 4.78 is 0. The van der Waals surface area contributed by atoms with Crippen molar-refractivity contribution in [3.05, 3.63) is 18.0 Å². The van der Waals surface area contributed by atoms with Crippen LogP contribution in [0.1, 0.15) is 19.0 Å². The number of piperazine rings is 1. The first-order valence-corrected chi connectivity index (χ1v) is 5.49. The molecule has 1 atom stereocenters. The monoisotopic (exact) mass is 245 g/mol. The van der Waals surface area contributed by atoms with Crippen molar-refractivity contribution < 1.29 is 9.59 Å². The van der Waals surface area contributed by atoms with Crippen molar-refractivity contribution in [2.45, 2.75) is 19.4 Å². The average Bonchev–Trinajstić information content (AvgIpc) is 2.38. The largest absolute Gasteiger partial charge is 0.319 e. The van der Waals surface area contributed by atoms with Gasteiger partial charge in [0.05, 0.1) is 0 Å². The summed E-state index contributed by atoms with van der Waals surface area (Å²) in [5.74, 6) is -0.528. The first-order chi connectivity index (χ1) is 8.65. The summed E-state index contributed by atoms with van der Waals surface area (Å²) in [6, 6.07) is 2.88. The molecule has 0 spiro atoms. The molecular weight excluding hydrogens is 234 g/mol. The van der Waals surface area contributed by atoms with Gasteiger partial charge < -0.3 is 4.90 Å². The molecular formula is C11H11N5O2. The number of amides is 2. The van der Waals surface area contributed by atoms with Gasteiger partial charge in [-0.25, -0.2) is 9.97 Å². The lowest BCUT2D eigenvalue weighted by molar-refractivity contribution is -0.133. The molecule has 1 aliphatic rings. The lowest BCUT2D eigenvalue weighted by Gasteiger charge is -2.33. The molecule has 0 aliphatic carbocycles. The molecule has 0 radical (unpaired) electrons. The molecule has 18 heavy (non-hydrogen) atoms. The Morgan fingerprint density at radius 1 is 1.61 bits per heavy atom. The summed E-state index contributed by atoms with van der Waals surface area (Å²) >= 11 is 0. The predicted octanol–water partition coefficient (Wildman–Crippen LogP) is -0.410. The van der Waals surface area contributed by atoms with Gasteiger partial charge in [-0.15, -0.1) is 0 Å². The number of nitrogens with one attached hydrogen (secondary N) is 1. The van der Waals surface area contributed by atoms with Crippen LogP contribution in [0.4, 0.5) is 5.95 Å². The lowest BCUT2D eigenvalue weighted by atomic mass is 10.1. The van der Waals surface area contributed by atoms with Crippen LogP contribution in [0.15, 0.2) is 12.3 Å². The zero-order chi connectivity index (χ0) is 13.1. The van der Waals surface area contributed by atoms with E-state index in [4.69, 9.17) is 5.26 Å². The number of aromatic nitrogens is 2. The van der Waals surface area contributed by atoms with E-state index in [0.29, 0.717) is 6.42 Å². The van der Waals surface area contributed by atoms with Crippen LogP contribution < -0.4 is 10.2 Å². The van der Waals surface area contributed by atoms with Crippen LogP contribution in [0.3, 0.4) is 0 Å².